The molecule has 19 heavy (non-hydrogen) atoms. The highest BCUT2D eigenvalue weighted by molar-refractivity contribution is 5.24. The molecule has 2 rings (SSSR count). The topological polar surface area (TPSA) is 34.2 Å². The van der Waals surface area contributed by atoms with Crippen molar-refractivity contribution in [3.05, 3.63) is 66.0 Å². The van der Waals surface area contributed by atoms with E-state index in [-0.39, 0.29) is 12.1 Å². The summed E-state index contributed by atoms with van der Waals surface area (Å²) in [5.41, 5.74) is 2.31. The number of nitrogens with zero attached hydrogens (tertiary/aromatic N) is 1. The zero-order valence-electron chi connectivity index (χ0n) is 11.4. The molecule has 0 aliphatic carbocycles. The van der Waals surface area contributed by atoms with Gasteiger partial charge in [0, 0.05) is 19.5 Å². The van der Waals surface area contributed by atoms with Crippen LogP contribution in [0.25, 0.3) is 0 Å². The highest BCUT2D eigenvalue weighted by atomic mass is 16.5. The largest absolute Gasteiger partial charge is 0.375 e. The van der Waals surface area contributed by atoms with E-state index >= 15 is 0 Å². The van der Waals surface area contributed by atoms with E-state index in [0.29, 0.717) is 0 Å². The third-order valence-electron chi connectivity index (χ3n) is 3.15. The summed E-state index contributed by atoms with van der Waals surface area (Å²) < 4.78 is 5.72. The molecule has 0 aliphatic heterocycles. The molecule has 3 heteroatoms. The van der Waals surface area contributed by atoms with Crippen molar-refractivity contribution in [3.8, 4) is 0 Å². The monoisotopic (exact) mass is 256 g/mol. The lowest BCUT2D eigenvalue weighted by Gasteiger charge is -2.27. The molecule has 3 nitrogen and oxygen atoms in total. The maximum absolute atomic E-state index is 5.72. The second kappa shape index (κ2) is 7.02. The van der Waals surface area contributed by atoms with Crippen LogP contribution in [-0.4, -0.2) is 18.6 Å². The van der Waals surface area contributed by atoms with Gasteiger partial charge in [-0.2, -0.15) is 0 Å². The molecule has 2 aromatic rings. The molecule has 2 atom stereocenters. The lowest BCUT2D eigenvalue weighted by molar-refractivity contribution is 0.0680. The number of likely N-dealkylation sites (N-methyl/N-ethyl adjacent to an activating group) is 1. The van der Waals surface area contributed by atoms with Gasteiger partial charge in [-0.3, -0.25) is 4.98 Å². The van der Waals surface area contributed by atoms with Crippen LogP contribution in [0.3, 0.4) is 0 Å². The summed E-state index contributed by atoms with van der Waals surface area (Å²) in [4.78, 5) is 4.20. The van der Waals surface area contributed by atoms with Crippen LogP contribution in [0.4, 0.5) is 0 Å². The highest BCUT2D eigenvalue weighted by Gasteiger charge is 2.23. The normalized spacial score (nSPS) is 14.0. The van der Waals surface area contributed by atoms with Crippen LogP contribution in [0.15, 0.2) is 54.9 Å². The number of ether oxygens (including phenoxy) is 1. The van der Waals surface area contributed by atoms with Crippen molar-refractivity contribution in [3.63, 3.8) is 0 Å². The number of pyridine rings is 1. The minimum Gasteiger partial charge on any atom is -0.375 e. The highest BCUT2D eigenvalue weighted by Crippen LogP contribution is 2.30. The first-order chi connectivity index (χ1) is 9.36. The van der Waals surface area contributed by atoms with Gasteiger partial charge in [0.2, 0.25) is 0 Å². The van der Waals surface area contributed by atoms with E-state index in [1.165, 1.54) is 5.56 Å². The molecule has 0 fully saturated rings. The lowest BCUT2D eigenvalue weighted by Crippen LogP contribution is -2.28. The van der Waals surface area contributed by atoms with Gasteiger partial charge < -0.3 is 10.1 Å². The van der Waals surface area contributed by atoms with E-state index in [0.717, 1.165) is 12.1 Å². The number of benzene rings is 1. The van der Waals surface area contributed by atoms with Gasteiger partial charge in [0.05, 0.1) is 6.04 Å². The molecule has 0 radical (unpaired) electrons. The molecule has 1 N–H and O–H groups in total. The van der Waals surface area contributed by atoms with Crippen molar-refractivity contribution in [2.24, 2.45) is 0 Å². The fourth-order valence-electron chi connectivity index (χ4n) is 2.29. The van der Waals surface area contributed by atoms with E-state index in [9.17, 15) is 0 Å². The second-order valence-corrected chi connectivity index (χ2v) is 4.39. The average Bonchev–Trinajstić information content (AvgIpc) is 2.49. The standard InChI is InChI=1S/C16H20N2O/c1-3-18-15(14-10-7-11-17-12-14)16(19-2)13-8-5-4-6-9-13/h4-12,15-16,18H,3H2,1-2H3. The van der Waals surface area contributed by atoms with Gasteiger partial charge in [-0.15, -0.1) is 0 Å². The molecule has 0 saturated heterocycles. The van der Waals surface area contributed by atoms with Crippen molar-refractivity contribution in [1.29, 1.82) is 0 Å². The van der Waals surface area contributed by atoms with E-state index in [1.54, 1.807) is 13.3 Å². The minimum absolute atomic E-state index is 0.0228. The van der Waals surface area contributed by atoms with Gasteiger partial charge in [-0.25, -0.2) is 0 Å². The molecular weight excluding hydrogens is 236 g/mol. The molecule has 1 heterocycles. The summed E-state index contributed by atoms with van der Waals surface area (Å²) in [6.45, 7) is 2.98. The first-order valence-corrected chi connectivity index (χ1v) is 6.58. The Morgan fingerprint density at radius 3 is 2.42 bits per heavy atom. The molecule has 100 valence electrons. The first kappa shape index (κ1) is 13.7. The fourth-order valence-corrected chi connectivity index (χ4v) is 2.29. The number of hydrogen-bond acceptors (Lipinski definition) is 3. The molecule has 0 spiro atoms. The Hall–Kier alpha value is -1.71. The molecule has 0 saturated carbocycles. The lowest BCUT2D eigenvalue weighted by atomic mass is 9.96. The molecule has 1 aromatic carbocycles. The molecule has 0 bridgehead atoms. The van der Waals surface area contributed by atoms with Gasteiger partial charge in [0.25, 0.3) is 0 Å². The summed E-state index contributed by atoms with van der Waals surface area (Å²) in [5, 5.41) is 3.48. The van der Waals surface area contributed by atoms with Crippen LogP contribution in [0.5, 0.6) is 0 Å². The Bertz CT molecular complexity index is 473. The third-order valence-corrected chi connectivity index (χ3v) is 3.15. The predicted octanol–water partition coefficient (Wildman–Crippen LogP) is 3.12. The van der Waals surface area contributed by atoms with Crippen molar-refractivity contribution in [2.45, 2.75) is 19.1 Å². The van der Waals surface area contributed by atoms with Crippen molar-refractivity contribution >= 4 is 0 Å². The molecule has 0 aliphatic rings. The van der Waals surface area contributed by atoms with Gasteiger partial charge in [0.15, 0.2) is 0 Å². The zero-order valence-corrected chi connectivity index (χ0v) is 11.4. The summed E-state index contributed by atoms with van der Waals surface area (Å²) in [7, 11) is 1.75. The Morgan fingerprint density at radius 1 is 1.11 bits per heavy atom. The van der Waals surface area contributed by atoms with Crippen LogP contribution in [0.1, 0.15) is 30.2 Å². The zero-order chi connectivity index (χ0) is 13.5. The van der Waals surface area contributed by atoms with E-state index in [1.807, 2.05) is 30.5 Å². The van der Waals surface area contributed by atoms with Gasteiger partial charge in [0.1, 0.15) is 6.10 Å². The van der Waals surface area contributed by atoms with Gasteiger partial charge >= 0.3 is 0 Å². The molecule has 0 amide bonds. The fraction of sp³-hybridized carbons (Fsp3) is 0.312. The third kappa shape index (κ3) is 3.40. The van der Waals surface area contributed by atoms with Crippen LogP contribution >= 0.6 is 0 Å². The SMILES string of the molecule is CCNC(c1cccnc1)C(OC)c1ccccc1. The van der Waals surface area contributed by atoms with Gasteiger partial charge in [-0.05, 0) is 23.7 Å². The second-order valence-electron chi connectivity index (χ2n) is 4.39. The minimum atomic E-state index is -0.0228. The van der Waals surface area contributed by atoms with Crippen LogP contribution < -0.4 is 5.32 Å². The van der Waals surface area contributed by atoms with Crippen molar-refractivity contribution in [1.82, 2.24) is 10.3 Å². The molecule has 1 aromatic heterocycles. The van der Waals surface area contributed by atoms with Crippen LogP contribution in [-0.2, 0) is 4.74 Å². The van der Waals surface area contributed by atoms with Gasteiger partial charge in [-0.1, -0.05) is 43.3 Å². The Kier molecular flexibility index (Phi) is 5.07. The number of nitrogens with one attached hydrogen (secondary N) is 1. The van der Waals surface area contributed by atoms with Crippen molar-refractivity contribution < 1.29 is 4.74 Å². The quantitative estimate of drug-likeness (QED) is 0.862. The summed E-state index contributed by atoms with van der Waals surface area (Å²) in [6.07, 6.45) is 3.66. The Morgan fingerprint density at radius 2 is 1.84 bits per heavy atom. The van der Waals surface area contributed by atoms with E-state index in [4.69, 9.17) is 4.74 Å². The number of rotatable bonds is 6. The smallest absolute Gasteiger partial charge is 0.102 e. The maximum atomic E-state index is 5.72. The first-order valence-electron chi connectivity index (χ1n) is 6.58. The Balaban J connectivity index is 2.31. The van der Waals surface area contributed by atoms with Crippen molar-refractivity contribution in [2.75, 3.05) is 13.7 Å². The predicted molar refractivity (Wildman–Crippen MR) is 76.8 cm³/mol. The van der Waals surface area contributed by atoms with Crippen LogP contribution in [0.2, 0.25) is 0 Å². The molecule has 2 unspecified atom stereocenters. The maximum Gasteiger partial charge on any atom is 0.102 e. The number of hydrogen-bond donors (Lipinski definition) is 1. The summed E-state index contributed by atoms with van der Waals surface area (Å²) in [5.74, 6) is 0. The number of aromatic nitrogens is 1. The van der Waals surface area contributed by atoms with Crippen LogP contribution in [0, 0.1) is 0 Å². The summed E-state index contributed by atoms with van der Waals surface area (Å²) in [6, 6.07) is 14.4. The molecular formula is C16H20N2O. The average molecular weight is 256 g/mol. The summed E-state index contributed by atoms with van der Waals surface area (Å²) >= 11 is 0. The van der Waals surface area contributed by atoms with E-state index in [2.05, 4.69) is 35.4 Å². The Labute approximate surface area is 114 Å². The van der Waals surface area contributed by atoms with E-state index < -0.39 is 0 Å². The number of methoxy groups -OCH3 is 1.